The second-order valence-corrected chi connectivity index (χ2v) is 4.15. The van der Waals surface area contributed by atoms with E-state index in [1.54, 1.807) is 13.1 Å². The third kappa shape index (κ3) is 2.13. The van der Waals surface area contributed by atoms with Crippen molar-refractivity contribution >= 4 is 5.78 Å². The maximum absolute atomic E-state index is 11.6. The molecule has 0 bridgehead atoms. The molecule has 0 atom stereocenters. The highest BCUT2D eigenvalue weighted by Crippen LogP contribution is 2.24. The lowest BCUT2D eigenvalue weighted by atomic mass is 10.0. The second kappa shape index (κ2) is 4.53. The van der Waals surface area contributed by atoms with Crippen LogP contribution in [-0.4, -0.2) is 15.6 Å². The van der Waals surface area contributed by atoms with Gasteiger partial charge in [-0.2, -0.15) is 5.10 Å². The first-order valence-corrected chi connectivity index (χ1v) is 5.77. The lowest BCUT2D eigenvalue weighted by Crippen LogP contribution is -2.02. The first-order valence-electron chi connectivity index (χ1n) is 5.77. The fraction of sp³-hybridized carbons (Fsp3) is 0.286. The monoisotopic (exact) mass is 228 g/mol. The van der Waals surface area contributed by atoms with Gasteiger partial charge >= 0.3 is 0 Å². The number of benzene rings is 1. The highest BCUT2D eigenvalue weighted by molar-refractivity contribution is 5.99. The van der Waals surface area contributed by atoms with Crippen LogP contribution in [0.5, 0.6) is 0 Å². The highest BCUT2D eigenvalue weighted by atomic mass is 16.1. The predicted molar refractivity (Wildman–Crippen MR) is 68.1 cm³/mol. The molecule has 0 fully saturated rings. The van der Waals surface area contributed by atoms with Crippen LogP contribution in [0.25, 0.3) is 11.3 Å². The van der Waals surface area contributed by atoms with Gasteiger partial charge in [-0.05, 0) is 26.8 Å². The zero-order valence-electron chi connectivity index (χ0n) is 10.4. The summed E-state index contributed by atoms with van der Waals surface area (Å²) in [5.74, 6) is 0.0567. The molecule has 3 nitrogen and oxygen atoms in total. The molecule has 0 radical (unpaired) electrons. The molecule has 2 rings (SSSR count). The van der Waals surface area contributed by atoms with E-state index >= 15 is 0 Å². The fourth-order valence-corrected chi connectivity index (χ4v) is 1.98. The van der Waals surface area contributed by atoms with Crippen molar-refractivity contribution in [2.45, 2.75) is 27.3 Å². The van der Waals surface area contributed by atoms with Gasteiger partial charge in [0.1, 0.15) is 0 Å². The number of Topliss-reactive ketones (excluding diaryl/α,β-unsaturated/α-hetero) is 1. The highest BCUT2D eigenvalue weighted by Gasteiger charge is 2.15. The minimum Gasteiger partial charge on any atom is -0.294 e. The summed E-state index contributed by atoms with van der Waals surface area (Å²) in [5.41, 5.74) is 3.84. The van der Waals surface area contributed by atoms with Gasteiger partial charge in [-0.15, -0.1) is 0 Å². The van der Waals surface area contributed by atoms with Crippen molar-refractivity contribution in [3.8, 4) is 11.3 Å². The first kappa shape index (κ1) is 11.6. The molecule has 1 aromatic carbocycles. The Balaban J connectivity index is 2.64. The summed E-state index contributed by atoms with van der Waals surface area (Å²) in [6.45, 7) is 6.41. The standard InChI is InChI=1S/C14H16N2O/c1-4-16-14(13(9-15-16)11(3)17)12-7-5-6-10(2)8-12/h5-9H,4H2,1-3H3. The Morgan fingerprint density at radius 1 is 1.41 bits per heavy atom. The van der Waals surface area contributed by atoms with Crippen molar-refractivity contribution < 1.29 is 4.79 Å². The summed E-state index contributed by atoms with van der Waals surface area (Å²) in [6.07, 6.45) is 1.66. The summed E-state index contributed by atoms with van der Waals surface area (Å²) in [7, 11) is 0. The molecular weight excluding hydrogens is 212 g/mol. The number of rotatable bonds is 3. The van der Waals surface area contributed by atoms with Gasteiger partial charge in [-0.1, -0.05) is 23.8 Å². The van der Waals surface area contributed by atoms with Gasteiger partial charge < -0.3 is 0 Å². The fourth-order valence-electron chi connectivity index (χ4n) is 1.98. The van der Waals surface area contributed by atoms with Gasteiger partial charge in [-0.25, -0.2) is 0 Å². The molecule has 17 heavy (non-hydrogen) atoms. The molecule has 0 aliphatic heterocycles. The SMILES string of the molecule is CCn1ncc(C(C)=O)c1-c1cccc(C)c1. The maximum Gasteiger partial charge on any atom is 0.163 e. The number of aryl methyl sites for hydroxylation is 2. The Hall–Kier alpha value is -1.90. The predicted octanol–water partition coefficient (Wildman–Crippen LogP) is 3.08. The van der Waals surface area contributed by atoms with E-state index in [1.807, 2.05) is 36.7 Å². The zero-order valence-corrected chi connectivity index (χ0v) is 10.4. The van der Waals surface area contributed by atoms with Crippen LogP contribution in [0.1, 0.15) is 29.8 Å². The minimum absolute atomic E-state index is 0.0567. The molecule has 2 aromatic rings. The third-order valence-electron chi connectivity index (χ3n) is 2.81. The summed E-state index contributed by atoms with van der Waals surface area (Å²) in [6, 6.07) is 8.14. The molecule has 0 amide bonds. The number of hydrogen-bond acceptors (Lipinski definition) is 2. The van der Waals surface area contributed by atoms with Crippen molar-refractivity contribution in [1.82, 2.24) is 9.78 Å². The zero-order chi connectivity index (χ0) is 12.4. The van der Waals surface area contributed by atoms with Crippen LogP contribution in [0.4, 0.5) is 0 Å². The van der Waals surface area contributed by atoms with Crippen molar-refractivity contribution in [1.29, 1.82) is 0 Å². The summed E-state index contributed by atoms with van der Waals surface area (Å²) >= 11 is 0. The maximum atomic E-state index is 11.6. The van der Waals surface area contributed by atoms with Gasteiger partial charge in [0.15, 0.2) is 5.78 Å². The lowest BCUT2D eigenvalue weighted by Gasteiger charge is -2.07. The van der Waals surface area contributed by atoms with Gasteiger partial charge in [-0.3, -0.25) is 9.48 Å². The molecule has 0 spiro atoms. The van der Waals surface area contributed by atoms with Crippen molar-refractivity contribution in [2.75, 3.05) is 0 Å². The van der Waals surface area contributed by atoms with E-state index < -0.39 is 0 Å². The average Bonchev–Trinajstić information content (AvgIpc) is 2.72. The van der Waals surface area contributed by atoms with E-state index in [1.165, 1.54) is 5.56 Å². The van der Waals surface area contributed by atoms with E-state index in [0.29, 0.717) is 5.56 Å². The molecule has 0 saturated carbocycles. The van der Waals surface area contributed by atoms with Crippen molar-refractivity contribution in [2.24, 2.45) is 0 Å². The molecule has 1 aromatic heterocycles. The molecule has 1 heterocycles. The third-order valence-corrected chi connectivity index (χ3v) is 2.81. The largest absolute Gasteiger partial charge is 0.294 e. The average molecular weight is 228 g/mol. The van der Waals surface area contributed by atoms with Gasteiger partial charge in [0.2, 0.25) is 0 Å². The summed E-state index contributed by atoms with van der Waals surface area (Å²) < 4.78 is 1.87. The first-order chi connectivity index (χ1) is 8.13. The number of aromatic nitrogens is 2. The van der Waals surface area contributed by atoms with Gasteiger partial charge in [0, 0.05) is 12.1 Å². The van der Waals surface area contributed by atoms with E-state index in [-0.39, 0.29) is 5.78 Å². The van der Waals surface area contributed by atoms with Crippen LogP contribution in [0.2, 0.25) is 0 Å². The number of hydrogen-bond donors (Lipinski definition) is 0. The number of ketones is 1. The molecule has 0 saturated heterocycles. The lowest BCUT2D eigenvalue weighted by molar-refractivity contribution is 0.101. The molecule has 3 heteroatoms. The number of carbonyl (C=O) groups is 1. The van der Waals surface area contributed by atoms with E-state index in [0.717, 1.165) is 17.8 Å². The van der Waals surface area contributed by atoms with Crippen LogP contribution < -0.4 is 0 Å². The van der Waals surface area contributed by atoms with Crippen LogP contribution in [-0.2, 0) is 6.54 Å². The normalized spacial score (nSPS) is 10.5. The van der Waals surface area contributed by atoms with E-state index in [2.05, 4.69) is 11.2 Å². The molecule has 88 valence electrons. The van der Waals surface area contributed by atoms with Gasteiger partial charge in [0.25, 0.3) is 0 Å². The van der Waals surface area contributed by atoms with Crippen molar-refractivity contribution in [3.63, 3.8) is 0 Å². The van der Waals surface area contributed by atoms with Crippen LogP contribution in [0.3, 0.4) is 0 Å². The Labute approximate surface area is 101 Å². The summed E-state index contributed by atoms with van der Waals surface area (Å²) in [5, 5.41) is 4.26. The second-order valence-electron chi connectivity index (χ2n) is 4.15. The molecule has 0 aliphatic carbocycles. The van der Waals surface area contributed by atoms with Gasteiger partial charge in [0.05, 0.1) is 17.5 Å². The minimum atomic E-state index is 0.0567. The van der Waals surface area contributed by atoms with E-state index in [9.17, 15) is 4.79 Å². The Bertz CT molecular complexity index is 555. The molecular formula is C14H16N2O. The van der Waals surface area contributed by atoms with E-state index in [4.69, 9.17) is 0 Å². The van der Waals surface area contributed by atoms with Crippen LogP contribution in [0, 0.1) is 6.92 Å². The Kier molecular flexibility index (Phi) is 3.09. The van der Waals surface area contributed by atoms with Crippen LogP contribution in [0.15, 0.2) is 30.5 Å². The Morgan fingerprint density at radius 2 is 2.18 bits per heavy atom. The molecule has 0 unspecified atom stereocenters. The molecule has 0 N–H and O–H groups in total. The topological polar surface area (TPSA) is 34.9 Å². The smallest absolute Gasteiger partial charge is 0.163 e. The number of nitrogens with zero attached hydrogens (tertiary/aromatic N) is 2. The quantitative estimate of drug-likeness (QED) is 0.757. The Morgan fingerprint density at radius 3 is 2.76 bits per heavy atom. The molecule has 0 aliphatic rings. The summed E-state index contributed by atoms with van der Waals surface area (Å²) in [4.78, 5) is 11.6. The number of carbonyl (C=O) groups excluding carboxylic acids is 1. The van der Waals surface area contributed by atoms with Crippen LogP contribution >= 0.6 is 0 Å². The van der Waals surface area contributed by atoms with Crippen molar-refractivity contribution in [3.05, 3.63) is 41.6 Å².